The van der Waals surface area contributed by atoms with Crippen LogP contribution in [-0.2, 0) is 0 Å². The molecular weight excluding hydrogens is 542 g/mol. The monoisotopic (exact) mass is 550 g/mol. The second kappa shape index (κ2) is 10.1. The summed E-state index contributed by atoms with van der Waals surface area (Å²) in [6.07, 6.45) is 0. The van der Waals surface area contributed by atoms with E-state index >= 15 is 0 Å². The minimum atomic E-state index is -2.33. The quantitative estimate of drug-likeness (QED) is 0.138. The molecule has 0 nitrogen and oxygen atoms in total. The van der Waals surface area contributed by atoms with Crippen molar-refractivity contribution in [1.82, 2.24) is 0 Å². The molecule has 0 aliphatic heterocycles. The molecule has 0 atom stereocenters. The van der Waals surface area contributed by atoms with E-state index in [4.69, 9.17) is 0 Å². The van der Waals surface area contributed by atoms with E-state index in [0.29, 0.717) is 0 Å². The van der Waals surface area contributed by atoms with Crippen molar-refractivity contribution in [3.8, 4) is 11.1 Å². The maximum atomic E-state index is 14.3. The van der Waals surface area contributed by atoms with Gasteiger partial charge in [0.2, 0.25) is 11.6 Å². The molecule has 186 valence electrons. The van der Waals surface area contributed by atoms with Gasteiger partial charge in [-0.05, 0) is 23.3 Å². The van der Waals surface area contributed by atoms with Gasteiger partial charge in [0.05, 0.1) is 9.79 Å². The van der Waals surface area contributed by atoms with E-state index in [0.717, 1.165) is 0 Å². The predicted octanol–water partition coefficient (Wildman–Crippen LogP) is 9.05. The number of hydrogen-bond donors (Lipinski definition) is 0. The van der Waals surface area contributed by atoms with E-state index in [1.165, 1.54) is 48.5 Å². The molecule has 4 rings (SSSR count). The van der Waals surface area contributed by atoms with Crippen LogP contribution in [0.3, 0.4) is 0 Å². The van der Waals surface area contributed by atoms with Gasteiger partial charge in [0, 0.05) is 9.79 Å². The average molecular weight is 550 g/mol. The number of benzene rings is 4. The summed E-state index contributed by atoms with van der Waals surface area (Å²) >= 11 is 0.408. The molecule has 0 bridgehead atoms. The van der Waals surface area contributed by atoms with E-state index in [1.807, 2.05) is 0 Å². The lowest BCUT2D eigenvalue weighted by Gasteiger charge is -2.15. The first-order valence-corrected chi connectivity index (χ1v) is 11.2. The molecule has 0 aliphatic carbocycles. The minimum Gasteiger partial charge on any atom is -0.202 e. The van der Waals surface area contributed by atoms with Crippen LogP contribution >= 0.6 is 23.5 Å². The minimum absolute atomic E-state index is 0.0221. The molecule has 0 aromatic heterocycles. The lowest BCUT2D eigenvalue weighted by molar-refractivity contribution is 0.361. The molecular formula is C24H8F10S2. The Bertz CT molecular complexity index is 1330. The molecule has 0 saturated carbocycles. The highest BCUT2D eigenvalue weighted by Gasteiger charge is 2.29. The van der Waals surface area contributed by atoms with Crippen molar-refractivity contribution >= 4 is 23.5 Å². The largest absolute Gasteiger partial charge is 0.202 e. The molecule has 0 radical (unpaired) electrons. The fraction of sp³-hybridized carbons (Fsp3) is 0. The van der Waals surface area contributed by atoms with Crippen LogP contribution in [0.15, 0.2) is 68.1 Å². The van der Waals surface area contributed by atoms with Crippen molar-refractivity contribution in [1.29, 1.82) is 0 Å². The zero-order valence-electron chi connectivity index (χ0n) is 17.2. The van der Waals surface area contributed by atoms with E-state index in [2.05, 4.69) is 0 Å². The summed E-state index contributed by atoms with van der Waals surface area (Å²) in [6.45, 7) is 0. The third-order valence-corrected chi connectivity index (χ3v) is 7.10. The smallest absolute Gasteiger partial charge is 0.200 e. The topological polar surface area (TPSA) is 0 Å². The van der Waals surface area contributed by atoms with Crippen molar-refractivity contribution in [2.45, 2.75) is 19.6 Å². The molecule has 0 N–H and O–H groups in total. The van der Waals surface area contributed by atoms with Crippen LogP contribution in [-0.4, -0.2) is 0 Å². The van der Waals surface area contributed by atoms with Crippen LogP contribution < -0.4 is 0 Å². The van der Waals surface area contributed by atoms with Gasteiger partial charge >= 0.3 is 0 Å². The van der Waals surface area contributed by atoms with E-state index in [9.17, 15) is 43.9 Å². The van der Waals surface area contributed by atoms with Crippen molar-refractivity contribution in [2.75, 3.05) is 0 Å². The summed E-state index contributed by atoms with van der Waals surface area (Å²) in [6, 6.07) is 11.1. The third kappa shape index (κ3) is 4.43. The molecule has 4 aromatic rings. The van der Waals surface area contributed by atoms with E-state index in [1.54, 1.807) is 0 Å². The van der Waals surface area contributed by atoms with Gasteiger partial charge in [-0.25, -0.2) is 43.9 Å². The highest BCUT2D eigenvalue weighted by atomic mass is 32.2. The van der Waals surface area contributed by atoms with Crippen LogP contribution in [0.4, 0.5) is 43.9 Å². The average Bonchev–Trinajstić information content (AvgIpc) is 2.89. The lowest BCUT2D eigenvalue weighted by Crippen LogP contribution is -2.03. The maximum absolute atomic E-state index is 14.3. The van der Waals surface area contributed by atoms with Gasteiger partial charge in [0.25, 0.3) is 0 Å². The van der Waals surface area contributed by atoms with Gasteiger partial charge in [0.1, 0.15) is 0 Å². The fourth-order valence-corrected chi connectivity index (χ4v) is 5.15. The van der Waals surface area contributed by atoms with Gasteiger partial charge in [-0.3, -0.25) is 0 Å². The Morgan fingerprint density at radius 3 is 0.889 bits per heavy atom. The number of halogens is 10. The molecule has 0 aliphatic rings. The Labute approximate surface area is 205 Å². The summed E-state index contributed by atoms with van der Waals surface area (Å²) in [5, 5.41) is 0. The van der Waals surface area contributed by atoms with Crippen LogP contribution in [0, 0.1) is 58.2 Å². The predicted molar refractivity (Wildman–Crippen MR) is 113 cm³/mol. The van der Waals surface area contributed by atoms with Gasteiger partial charge in [-0.2, -0.15) is 0 Å². The first-order valence-electron chi connectivity index (χ1n) is 9.61. The number of hydrogen-bond acceptors (Lipinski definition) is 2. The Balaban J connectivity index is 1.83. The summed E-state index contributed by atoms with van der Waals surface area (Å²) in [4.78, 5) is -2.43. The second-order valence-corrected chi connectivity index (χ2v) is 9.10. The molecule has 12 heteroatoms. The third-order valence-electron chi connectivity index (χ3n) is 4.83. The van der Waals surface area contributed by atoms with Crippen LogP contribution in [0.2, 0.25) is 0 Å². The van der Waals surface area contributed by atoms with Gasteiger partial charge in [-0.1, -0.05) is 59.9 Å². The van der Waals surface area contributed by atoms with Crippen molar-refractivity contribution in [3.63, 3.8) is 0 Å². The summed E-state index contributed by atoms with van der Waals surface area (Å²) in [5.74, 6) is -21.5. The SMILES string of the molecule is Fc1c(F)c(F)c(Sc2ccccc2-c2ccccc2Sc2c(F)c(F)c(F)c(F)c2F)c(F)c1F. The maximum Gasteiger partial charge on any atom is 0.200 e. The lowest BCUT2D eigenvalue weighted by atomic mass is 10.1. The Morgan fingerprint density at radius 1 is 0.333 bits per heavy atom. The molecule has 4 aromatic carbocycles. The first-order chi connectivity index (χ1) is 17.0. The zero-order chi connectivity index (χ0) is 26.3. The molecule has 0 amide bonds. The van der Waals surface area contributed by atoms with Crippen molar-refractivity contribution in [3.05, 3.63) is 107 Å². The van der Waals surface area contributed by atoms with E-state index < -0.39 is 68.0 Å². The number of rotatable bonds is 5. The standard InChI is InChI=1S/C24H8F10S2/c25-13-15(27)19(31)23(20(32)16(13)28)35-11-7-3-1-5-9(11)10-6-2-4-8-12(10)36-24-21(33)17(29)14(26)18(30)22(24)34/h1-8H. The van der Waals surface area contributed by atoms with Crippen molar-refractivity contribution < 1.29 is 43.9 Å². The fourth-order valence-electron chi connectivity index (χ4n) is 3.12. The van der Waals surface area contributed by atoms with Crippen LogP contribution in [0.25, 0.3) is 11.1 Å². The second-order valence-electron chi connectivity index (χ2n) is 6.99. The highest BCUT2D eigenvalue weighted by Crippen LogP contribution is 2.45. The highest BCUT2D eigenvalue weighted by molar-refractivity contribution is 8.00. The Kier molecular flexibility index (Phi) is 7.28. The van der Waals surface area contributed by atoms with Gasteiger partial charge in [-0.15, -0.1) is 0 Å². The van der Waals surface area contributed by atoms with Gasteiger partial charge < -0.3 is 0 Å². The summed E-state index contributed by atoms with van der Waals surface area (Å²) in [5.41, 5.74) is 0.247. The molecule has 0 heterocycles. The molecule has 0 saturated heterocycles. The van der Waals surface area contributed by atoms with Gasteiger partial charge in [0.15, 0.2) is 46.5 Å². The molecule has 36 heavy (non-hydrogen) atoms. The van der Waals surface area contributed by atoms with Crippen molar-refractivity contribution in [2.24, 2.45) is 0 Å². The normalized spacial score (nSPS) is 11.3. The molecule has 0 spiro atoms. The summed E-state index contributed by atoms with van der Waals surface area (Å²) < 4.78 is 139. The molecule has 0 fully saturated rings. The van der Waals surface area contributed by atoms with Crippen LogP contribution in [0.1, 0.15) is 0 Å². The Hall–Kier alpha value is -3.12. The van der Waals surface area contributed by atoms with E-state index in [-0.39, 0.29) is 44.4 Å². The zero-order valence-corrected chi connectivity index (χ0v) is 18.8. The molecule has 0 unspecified atom stereocenters. The summed E-state index contributed by atoms with van der Waals surface area (Å²) in [7, 11) is 0. The van der Waals surface area contributed by atoms with Crippen LogP contribution in [0.5, 0.6) is 0 Å². The first kappa shape index (κ1) is 26.0. The Morgan fingerprint density at radius 2 is 0.583 bits per heavy atom.